The molecule has 5 aromatic rings. The molecule has 0 aliphatic heterocycles. The highest BCUT2D eigenvalue weighted by atomic mass is 32.1. The Labute approximate surface area is 213 Å². The van der Waals surface area contributed by atoms with E-state index >= 15 is 0 Å². The van der Waals surface area contributed by atoms with Crippen molar-refractivity contribution < 1.29 is 36.2 Å². The quantitative estimate of drug-likeness (QED) is 0.215. The molecule has 0 saturated carbocycles. The van der Waals surface area contributed by atoms with Crippen molar-refractivity contribution in [2.45, 2.75) is 17.9 Å². The van der Waals surface area contributed by atoms with E-state index in [0.717, 1.165) is 0 Å². The Morgan fingerprint density at radius 3 is 1.57 bits per heavy atom. The lowest BCUT2D eigenvalue weighted by molar-refractivity contribution is -0.143. The fourth-order valence-electron chi connectivity index (χ4n) is 4.45. The van der Waals surface area contributed by atoms with E-state index in [0.29, 0.717) is 32.3 Å². The van der Waals surface area contributed by atoms with E-state index in [9.17, 15) is 36.2 Å². The van der Waals surface area contributed by atoms with Crippen LogP contribution in [0.2, 0.25) is 0 Å². The van der Waals surface area contributed by atoms with Crippen LogP contribution in [0.5, 0.6) is 0 Å². The smallest absolute Gasteiger partial charge is 0.416 e. The van der Waals surface area contributed by atoms with Gasteiger partial charge in [-0.05, 0) is 64.0 Å². The first kappa shape index (κ1) is 25.1. The first-order valence-corrected chi connectivity index (χ1v) is 12.4. The summed E-state index contributed by atoms with van der Waals surface area (Å²) in [6.45, 7) is 0. The lowest BCUT2D eigenvalue weighted by Crippen LogP contribution is -2.45. The Morgan fingerprint density at radius 1 is 0.703 bits per heavy atom. The van der Waals surface area contributed by atoms with Crippen LogP contribution in [0, 0.1) is 0 Å². The number of fused-ring (bicyclic) bond motifs is 2. The molecule has 0 atom stereocenters. The minimum absolute atomic E-state index is 0.00676. The number of aliphatic carboxylic acids is 1. The van der Waals surface area contributed by atoms with Gasteiger partial charge in [0.15, 0.2) is 5.54 Å². The van der Waals surface area contributed by atoms with E-state index in [4.69, 9.17) is 0 Å². The zero-order chi connectivity index (χ0) is 26.6. The normalized spacial score (nSPS) is 12.8. The number of carboxylic acid groups (broad SMARTS) is 1. The van der Waals surface area contributed by atoms with E-state index in [1.807, 2.05) is 0 Å². The van der Waals surface area contributed by atoms with Gasteiger partial charge in [-0.1, -0.05) is 24.3 Å². The van der Waals surface area contributed by atoms with E-state index in [-0.39, 0.29) is 17.2 Å². The molecule has 3 aromatic carbocycles. The Bertz CT molecular complexity index is 1530. The van der Waals surface area contributed by atoms with Crippen LogP contribution in [0.15, 0.2) is 77.5 Å². The van der Waals surface area contributed by atoms with Gasteiger partial charge in [-0.2, -0.15) is 26.3 Å². The Morgan fingerprint density at radius 2 is 1.16 bits per heavy atom. The van der Waals surface area contributed by atoms with E-state index in [1.165, 1.54) is 34.8 Å². The zero-order valence-electron chi connectivity index (χ0n) is 18.4. The minimum atomic E-state index is -5.09. The van der Waals surface area contributed by atoms with Gasteiger partial charge >= 0.3 is 18.3 Å². The van der Waals surface area contributed by atoms with Gasteiger partial charge in [0.2, 0.25) is 0 Å². The van der Waals surface area contributed by atoms with Crippen molar-refractivity contribution in [2.75, 3.05) is 5.32 Å². The highest BCUT2D eigenvalue weighted by molar-refractivity contribution is 7.17. The van der Waals surface area contributed by atoms with Crippen LogP contribution in [0.25, 0.3) is 20.2 Å². The lowest BCUT2D eigenvalue weighted by Gasteiger charge is -2.34. The predicted octanol–water partition coefficient (Wildman–Crippen LogP) is 8.59. The van der Waals surface area contributed by atoms with Crippen LogP contribution >= 0.6 is 22.7 Å². The summed E-state index contributed by atoms with van der Waals surface area (Å²) >= 11 is 2.66. The summed E-state index contributed by atoms with van der Waals surface area (Å²) < 4.78 is 83.0. The first-order chi connectivity index (χ1) is 17.4. The van der Waals surface area contributed by atoms with Gasteiger partial charge in [0.1, 0.15) is 0 Å². The minimum Gasteiger partial charge on any atom is -0.479 e. The van der Waals surface area contributed by atoms with Gasteiger partial charge < -0.3 is 10.4 Å². The summed E-state index contributed by atoms with van der Waals surface area (Å²) in [6.07, 6.45) is -10.2. The Balaban J connectivity index is 1.86. The second-order valence-corrected chi connectivity index (χ2v) is 10.1. The summed E-state index contributed by atoms with van der Waals surface area (Å²) in [6, 6.07) is 14.1. The van der Waals surface area contributed by atoms with Crippen LogP contribution in [0.1, 0.15) is 22.3 Å². The largest absolute Gasteiger partial charge is 0.479 e. The number of hydrogen-bond donors (Lipinski definition) is 2. The highest BCUT2D eigenvalue weighted by Crippen LogP contribution is 2.44. The second-order valence-electron chi connectivity index (χ2n) is 8.25. The molecule has 0 radical (unpaired) electrons. The summed E-state index contributed by atoms with van der Waals surface area (Å²) in [4.78, 5) is 13.2. The van der Waals surface area contributed by atoms with Gasteiger partial charge in [-0.3, -0.25) is 0 Å². The maximum absolute atomic E-state index is 13.6. The number of benzene rings is 3. The third-order valence-electron chi connectivity index (χ3n) is 6.04. The van der Waals surface area contributed by atoms with Crippen molar-refractivity contribution in [3.63, 3.8) is 0 Å². The summed E-state index contributed by atoms with van der Waals surface area (Å²) in [7, 11) is 0. The Hall–Kier alpha value is -3.57. The Kier molecular flexibility index (Phi) is 5.95. The van der Waals surface area contributed by atoms with Gasteiger partial charge in [0.25, 0.3) is 0 Å². The molecule has 0 aliphatic carbocycles. The fourth-order valence-corrected chi connectivity index (χ4v) is 6.08. The molecule has 5 rings (SSSR count). The molecule has 0 saturated heterocycles. The molecule has 37 heavy (non-hydrogen) atoms. The molecule has 11 heteroatoms. The lowest BCUT2D eigenvalue weighted by atomic mass is 9.79. The highest BCUT2D eigenvalue weighted by Gasteiger charge is 2.46. The monoisotopic (exact) mass is 551 g/mol. The average molecular weight is 552 g/mol. The zero-order valence-corrected chi connectivity index (χ0v) is 20.1. The topological polar surface area (TPSA) is 49.3 Å². The number of nitrogens with one attached hydrogen (secondary N) is 1. The summed E-state index contributed by atoms with van der Waals surface area (Å²) in [5.41, 5.74) is -5.59. The number of rotatable bonds is 5. The van der Waals surface area contributed by atoms with Crippen molar-refractivity contribution in [3.8, 4) is 0 Å². The molecule has 0 unspecified atom stereocenters. The molecule has 2 N–H and O–H groups in total. The van der Waals surface area contributed by atoms with Crippen molar-refractivity contribution in [1.82, 2.24) is 0 Å². The molecule has 3 nitrogen and oxygen atoms in total. The predicted molar refractivity (Wildman–Crippen MR) is 132 cm³/mol. The number of carbonyl (C=O) groups is 1. The molecule has 0 bridgehead atoms. The van der Waals surface area contributed by atoms with E-state index < -0.39 is 40.7 Å². The number of hydrogen-bond acceptors (Lipinski definition) is 4. The SMILES string of the molecule is O=C(O)C(Nc1cc(C(F)(F)F)cc(C(F)(F)F)c1)(c1cccc2sccc12)c1cccc2sccc12. The van der Waals surface area contributed by atoms with Gasteiger partial charge in [0, 0.05) is 26.2 Å². The molecular weight excluding hydrogens is 536 g/mol. The van der Waals surface area contributed by atoms with Gasteiger partial charge in [-0.15, -0.1) is 22.7 Å². The van der Waals surface area contributed by atoms with Crippen molar-refractivity contribution in [2.24, 2.45) is 0 Å². The van der Waals surface area contributed by atoms with Gasteiger partial charge in [-0.25, -0.2) is 4.79 Å². The average Bonchev–Trinajstić information content (AvgIpc) is 3.50. The standard InChI is InChI=1S/C26H15F6NO2S2/c27-25(28,29)14-11-15(26(30,31)32)13-16(12-14)33-24(23(34)35,19-3-1-5-21-17(19)7-9-36-21)20-4-2-6-22-18(20)8-10-37-22/h1-13,33H,(H,34,35). The van der Waals surface area contributed by atoms with Crippen LogP contribution in [0.4, 0.5) is 32.0 Å². The number of alkyl halides is 6. The van der Waals surface area contributed by atoms with E-state index in [2.05, 4.69) is 5.32 Å². The molecule has 2 aromatic heterocycles. The van der Waals surface area contributed by atoms with Crippen LogP contribution in [0.3, 0.4) is 0 Å². The van der Waals surface area contributed by atoms with Crippen LogP contribution in [-0.4, -0.2) is 11.1 Å². The molecule has 0 fully saturated rings. The number of anilines is 1. The summed E-state index contributed by atoms with van der Waals surface area (Å²) in [5.74, 6) is -1.49. The van der Waals surface area contributed by atoms with Crippen molar-refractivity contribution >= 4 is 54.5 Å². The maximum atomic E-state index is 13.6. The van der Waals surface area contributed by atoms with Crippen molar-refractivity contribution in [1.29, 1.82) is 0 Å². The molecule has 0 amide bonds. The van der Waals surface area contributed by atoms with Gasteiger partial charge in [0.05, 0.1) is 11.1 Å². The second kappa shape index (κ2) is 8.77. The van der Waals surface area contributed by atoms with Crippen LogP contribution < -0.4 is 5.32 Å². The molecule has 0 aliphatic rings. The number of halogens is 6. The number of carboxylic acids is 1. The molecule has 2 heterocycles. The molecule has 0 spiro atoms. The fraction of sp³-hybridized carbons (Fsp3) is 0.115. The molecule has 190 valence electrons. The molecular formula is C26H15F6NO2S2. The number of thiophene rings is 2. The first-order valence-electron chi connectivity index (χ1n) is 10.7. The third-order valence-corrected chi connectivity index (χ3v) is 7.80. The van der Waals surface area contributed by atoms with E-state index in [1.54, 1.807) is 47.2 Å². The summed E-state index contributed by atoms with van der Waals surface area (Å²) in [5, 5.41) is 17.9. The van der Waals surface area contributed by atoms with Crippen LogP contribution in [-0.2, 0) is 22.7 Å². The maximum Gasteiger partial charge on any atom is 0.416 e. The van der Waals surface area contributed by atoms with Crippen molar-refractivity contribution in [3.05, 3.63) is 99.7 Å². The third kappa shape index (κ3) is 4.31.